The van der Waals surface area contributed by atoms with E-state index in [1.165, 1.54) is 16.8 Å². The van der Waals surface area contributed by atoms with Crippen LogP contribution in [-0.4, -0.2) is 36.2 Å². The lowest BCUT2D eigenvalue weighted by Crippen LogP contribution is -2.45. The highest BCUT2D eigenvalue weighted by Crippen LogP contribution is 2.28. The Balaban J connectivity index is 1.65. The number of rotatable bonds is 4. The molecule has 2 aromatic rings. The van der Waals surface area contributed by atoms with E-state index in [4.69, 9.17) is 0 Å². The van der Waals surface area contributed by atoms with Crippen LogP contribution in [0, 0.1) is 6.92 Å². The second-order valence-corrected chi connectivity index (χ2v) is 7.09. The third-order valence-corrected chi connectivity index (χ3v) is 4.98. The van der Waals surface area contributed by atoms with Gasteiger partial charge in [0.1, 0.15) is 5.75 Å². The maximum atomic E-state index is 10.3. The third-order valence-electron chi connectivity index (χ3n) is 4.98. The minimum Gasteiger partial charge on any atom is -0.508 e. The molecule has 0 bridgehead atoms. The number of anilines is 1. The average molecular weight is 324 g/mol. The first-order valence-electron chi connectivity index (χ1n) is 8.89. The Hall–Kier alpha value is -2.00. The molecule has 0 amide bonds. The van der Waals surface area contributed by atoms with Gasteiger partial charge in [0.25, 0.3) is 0 Å². The van der Waals surface area contributed by atoms with Gasteiger partial charge in [-0.3, -0.25) is 4.90 Å². The fourth-order valence-electron chi connectivity index (χ4n) is 3.55. The zero-order chi connectivity index (χ0) is 17.1. The predicted molar refractivity (Wildman–Crippen MR) is 101 cm³/mol. The molecule has 1 N–H and O–H groups in total. The maximum absolute atomic E-state index is 10.3. The van der Waals surface area contributed by atoms with Gasteiger partial charge in [0.2, 0.25) is 0 Å². The van der Waals surface area contributed by atoms with E-state index in [9.17, 15) is 5.11 Å². The van der Waals surface area contributed by atoms with E-state index >= 15 is 0 Å². The molecule has 1 aliphatic heterocycles. The highest BCUT2D eigenvalue weighted by atomic mass is 16.3. The van der Waals surface area contributed by atoms with Crippen molar-refractivity contribution in [2.45, 2.75) is 33.2 Å². The molecule has 0 radical (unpaired) electrons. The first kappa shape index (κ1) is 16.8. The van der Waals surface area contributed by atoms with Crippen molar-refractivity contribution in [3.05, 3.63) is 59.2 Å². The second kappa shape index (κ2) is 7.27. The smallest absolute Gasteiger partial charge is 0.120 e. The van der Waals surface area contributed by atoms with E-state index < -0.39 is 0 Å². The number of para-hydroxylation sites is 1. The molecule has 0 unspecified atom stereocenters. The minimum atomic E-state index is 0.433. The number of hydrogen-bond donors (Lipinski definition) is 1. The SMILES string of the molecule is Cc1cc(O)c(CN2CCN(c3ccccc3)CC2)cc1C(C)C. The summed E-state index contributed by atoms with van der Waals surface area (Å²) in [5.74, 6) is 0.918. The van der Waals surface area contributed by atoms with Crippen molar-refractivity contribution in [3.8, 4) is 5.75 Å². The van der Waals surface area contributed by atoms with Crippen molar-refractivity contribution in [2.75, 3.05) is 31.1 Å². The van der Waals surface area contributed by atoms with Crippen molar-refractivity contribution in [1.82, 2.24) is 4.90 Å². The van der Waals surface area contributed by atoms with E-state index in [1.807, 2.05) is 6.07 Å². The minimum absolute atomic E-state index is 0.433. The Labute approximate surface area is 145 Å². The van der Waals surface area contributed by atoms with Crippen LogP contribution in [-0.2, 0) is 6.54 Å². The highest BCUT2D eigenvalue weighted by molar-refractivity contribution is 5.46. The van der Waals surface area contributed by atoms with Crippen LogP contribution in [0.15, 0.2) is 42.5 Å². The molecule has 2 aromatic carbocycles. The fraction of sp³-hybridized carbons (Fsp3) is 0.429. The monoisotopic (exact) mass is 324 g/mol. The summed E-state index contributed by atoms with van der Waals surface area (Å²) in [4.78, 5) is 4.87. The van der Waals surface area contributed by atoms with Crippen molar-refractivity contribution in [2.24, 2.45) is 0 Å². The van der Waals surface area contributed by atoms with Crippen LogP contribution >= 0.6 is 0 Å². The zero-order valence-corrected chi connectivity index (χ0v) is 15.0. The number of piperazine rings is 1. The van der Waals surface area contributed by atoms with Crippen molar-refractivity contribution < 1.29 is 5.11 Å². The van der Waals surface area contributed by atoms with Gasteiger partial charge in [0.15, 0.2) is 0 Å². The van der Waals surface area contributed by atoms with Crippen LogP contribution in [0.25, 0.3) is 0 Å². The molecule has 3 rings (SSSR count). The second-order valence-electron chi connectivity index (χ2n) is 7.09. The summed E-state index contributed by atoms with van der Waals surface area (Å²) < 4.78 is 0. The molecule has 3 heteroatoms. The third kappa shape index (κ3) is 3.73. The largest absolute Gasteiger partial charge is 0.508 e. The van der Waals surface area contributed by atoms with Crippen LogP contribution in [0.2, 0.25) is 0 Å². The summed E-state index contributed by atoms with van der Waals surface area (Å²) in [5, 5.41) is 10.3. The number of hydrogen-bond acceptors (Lipinski definition) is 3. The molecule has 24 heavy (non-hydrogen) atoms. The lowest BCUT2D eigenvalue weighted by molar-refractivity contribution is 0.246. The molecule has 1 heterocycles. The van der Waals surface area contributed by atoms with E-state index in [2.05, 4.69) is 67.0 Å². The number of aromatic hydroxyl groups is 1. The van der Waals surface area contributed by atoms with Gasteiger partial charge in [0.05, 0.1) is 0 Å². The lowest BCUT2D eigenvalue weighted by atomic mass is 9.95. The predicted octanol–water partition coefficient (Wildman–Crippen LogP) is 4.15. The topological polar surface area (TPSA) is 26.7 Å². The van der Waals surface area contributed by atoms with Gasteiger partial charge in [-0.2, -0.15) is 0 Å². The molecule has 0 saturated carbocycles. The molecule has 0 aromatic heterocycles. The van der Waals surface area contributed by atoms with Gasteiger partial charge in [-0.1, -0.05) is 38.1 Å². The number of benzene rings is 2. The maximum Gasteiger partial charge on any atom is 0.120 e. The lowest BCUT2D eigenvalue weighted by Gasteiger charge is -2.36. The number of phenolic OH excluding ortho intramolecular Hbond substituents is 1. The molecule has 0 atom stereocenters. The van der Waals surface area contributed by atoms with Crippen molar-refractivity contribution in [3.63, 3.8) is 0 Å². The van der Waals surface area contributed by atoms with Crippen LogP contribution in [0.4, 0.5) is 5.69 Å². The van der Waals surface area contributed by atoms with E-state index in [0.717, 1.165) is 38.3 Å². The summed E-state index contributed by atoms with van der Waals surface area (Å²) in [6, 6.07) is 14.7. The van der Waals surface area contributed by atoms with Crippen LogP contribution in [0.5, 0.6) is 5.75 Å². The van der Waals surface area contributed by atoms with Gasteiger partial charge >= 0.3 is 0 Å². The Kier molecular flexibility index (Phi) is 5.10. The van der Waals surface area contributed by atoms with E-state index in [-0.39, 0.29) is 0 Å². The Bertz CT molecular complexity index is 674. The summed E-state index contributed by atoms with van der Waals surface area (Å²) in [7, 11) is 0. The van der Waals surface area contributed by atoms with Gasteiger partial charge in [-0.25, -0.2) is 0 Å². The molecule has 0 aliphatic carbocycles. The summed E-state index contributed by atoms with van der Waals surface area (Å²) in [6.07, 6.45) is 0. The quantitative estimate of drug-likeness (QED) is 0.915. The van der Waals surface area contributed by atoms with E-state index in [1.54, 1.807) is 0 Å². The van der Waals surface area contributed by atoms with Crippen molar-refractivity contribution in [1.29, 1.82) is 0 Å². The molecule has 3 nitrogen and oxygen atoms in total. The summed E-state index contributed by atoms with van der Waals surface area (Å²) in [5.41, 5.74) is 4.88. The first-order valence-corrected chi connectivity index (χ1v) is 8.89. The van der Waals surface area contributed by atoms with E-state index in [0.29, 0.717) is 11.7 Å². The summed E-state index contributed by atoms with van der Waals surface area (Å²) in [6.45, 7) is 11.5. The highest BCUT2D eigenvalue weighted by Gasteiger charge is 2.19. The molecule has 1 saturated heterocycles. The Morgan fingerprint density at radius 2 is 1.67 bits per heavy atom. The van der Waals surface area contributed by atoms with Gasteiger partial charge < -0.3 is 10.0 Å². The average Bonchev–Trinajstić information content (AvgIpc) is 2.58. The first-order chi connectivity index (χ1) is 11.5. The number of nitrogens with zero attached hydrogens (tertiary/aromatic N) is 2. The zero-order valence-electron chi connectivity index (χ0n) is 15.0. The molecule has 1 fully saturated rings. The molecule has 128 valence electrons. The summed E-state index contributed by atoms with van der Waals surface area (Å²) >= 11 is 0. The molecule has 1 aliphatic rings. The van der Waals surface area contributed by atoms with Crippen LogP contribution in [0.1, 0.15) is 36.5 Å². The molecule has 0 spiro atoms. The fourth-order valence-corrected chi connectivity index (χ4v) is 3.55. The number of aryl methyl sites for hydroxylation is 1. The van der Waals surface area contributed by atoms with Crippen LogP contribution in [0.3, 0.4) is 0 Å². The van der Waals surface area contributed by atoms with Gasteiger partial charge in [0, 0.05) is 44.0 Å². The number of phenols is 1. The standard InChI is InChI=1S/C21H28N2O/c1-16(2)20-14-18(21(24)13-17(20)3)15-22-9-11-23(12-10-22)19-7-5-4-6-8-19/h4-8,13-14,16,24H,9-12,15H2,1-3H3. The van der Waals surface area contributed by atoms with Gasteiger partial charge in [-0.05, 0) is 42.2 Å². The van der Waals surface area contributed by atoms with Crippen LogP contribution < -0.4 is 4.90 Å². The molecular formula is C21H28N2O. The normalized spacial score (nSPS) is 15.9. The Morgan fingerprint density at radius 3 is 2.29 bits per heavy atom. The van der Waals surface area contributed by atoms with Gasteiger partial charge in [-0.15, -0.1) is 0 Å². The van der Waals surface area contributed by atoms with Crippen molar-refractivity contribution >= 4 is 5.69 Å². The Morgan fingerprint density at radius 1 is 1.00 bits per heavy atom. The molecular weight excluding hydrogens is 296 g/mol.